The Labute approximate surface area is 121 Å². The Morgan fingerprint density at radius 2 is 2.15 bits per heavy atom. The fourth-order valence-corrected chi connectivity index (χ4v) is 3.46. The van der Waals surface area contributed by atoms with E-state index in [9.17, 15) is 9.59 Å². The maximum absolute atomic E-state index is 11.7. The summed E-state index contributed by atoms with van der Waals surface area (Å²) in [7, 11) is 3.56. The SMILES string of the molecule is CNC(=O)c1sc(NC2CCN(C)C2)c(C(N)=O)c1N. The number of rotatable bonds is 4. The Hall–Kier alpha value is -1.80. The van der Waals surface area contributed by atoms with Gasteiger partial charge >= 0.3 is 0 Å². The Kier molecular flexibility index (Phi) is 4.15. The van der Waals surface area contributed by atoms with Crippen molar-refractivity contribution in [3.05, 3.63) is 10.4 Å². The summed E-state index contributed by atoms with van der Waals surface area (Å²) in [5, 5.41) is 6.36. The van der Waals surface area contributed by atoms with Crippen molar-refractivity contribution in [3.8, 4) is 0 Å². The molecule has 0 bridgehead atoms. The molecule has 7 nitrogen and oxygen atoms in total. The molecule has 0 saturated carbocycles. The molecule has 110 valence electrons. The third-order valence-electron chi connectivity index (χ3n) is 3.35. The van der Waals surface area contributed by atoms with Gasteiger partial charge in [-0.25, -0.2) is 0 Å². The summed E-state index contributed by atoms with van der Waals surface area (Å²) >= 11 is 1.17. The molecule has 1 aliphatic heterocycles. The normalized spacial score (nSPS) is 19.0. The number of nitrogen functional groups attached to an aromatic ring is 1. The van der Waals surface area contributed by atoms with Crippen molar-refractivity contribution in [2.45, 2.75) is 12.5 Å². The van der Waals surface area contributed by atoms with Crippen LogP contribution in [-0.4, -0.2) is 49.9 Å². The number of nitrogens with one attached hydrogen (secondary N) is 2. The molecule has 1 unspecified atom stereocenters. The van der Waals surface area contributed by atoms with E-state index in [2.05, 4.69) is 15.5 Å². The number of likely N-dealkylation sites (N-methyl/N-ethyl adjacent to an activating group) is 1. The van der Waals surface area contributed by atoms with Crippen molar-refractivity contribution >= 4 is 33.8 Å². The lowest BCUT2D eigenvalue weighted by Gasteiger charge is -2.13. The van der Waals surface area contributed by atoms with Crippen LogP contribution in [0.5, 0.6) is 0 Å². The molecule has 1 saturated heterocycles. The fraction of sp³-hybridized carbons (Fsp3) is 0.500. The quantitative estimate of drug-likeness (QED) is 0.620. The molecule has 2 heterocycles. The van der Waals surface area contributed by atoms with Crippen molar-refractivity contribution in [1.29, 1.82) is 0 Å². The van der Waals surface area contributed by atoms with Gasteiger partial charge in [-0.1, -0.05) is 0 Å². The van der Waals surface area contributed by atoms with Crippen LogP contribution in [0.25, 0.3) is 0 Å². The largest absolute Gasteiger partial charge is 0.397 e. The Morgan fingerprint density at radius 3 is 2.65 bits per heavy atom. The molecular formula is C12H19N5O2S. The predicted molar refractivity (Wildman–Crippen MR) is 80.2 cm³/mol. The third-order valence-corrected chi connectivity index (χ3v) is 4.49. The van der Waals surface area contributed by atoms with Gasteiger partial charge in [-0.2, -0.15) is 0 Å². The maximum Gasteiger partial charge on any atom is 0.263 e. The van der Waals surface area contributed by atoms with Crippen molar-refractivity contribution in [1.82, 2.24) is 10.2 Å². The summed E-state index contributed by atoms with van der Waals surface area (Å²) in [5.41, 5.74) is 11.6. The molecule has 1 fully saturated rings. The topological polar surface area (TPSA) is 113 Å². The zero-order valence-corrected chi connectivity index (χ0v) is 12.3. The Balaban J connectivity index is 2.31. The zero-order chi connectivity index (χ0) is 14.9. The van der Waals surface area contributed by atoms with Gasteiger partial charge in [-0.05, 0) is 20.0 Å². The lowest BCUT2D eigenvalue weighted by molar-refractivity contribution is 0.0967. The average molecular weight is 297 g/mol. The number of anilines is 2. The van der Waals surface area contributed by atoms with Crippen LogP contribution < -0.4 is 22.1 Å². The molecule has 6 N–H and O–H groups in total. The van der Waals surface area contributed by atoms with Crippen molar-refractivity contribution < 1.29 is 9.59 Å². The number of hydrogen-bond donors (Lipinski definition) is 4. The van der Waals surface area contributed by atoms with E-state index in [1.54, 1.807) is 0 Å². The second-order valence-corrected chi connectivity index (χ2v) is 5.91. The van der Waals surface area contributed by atoms with Gasteiger partial charge in [0.05, 0.1) is 11.3 Å². The first-order chi connectivity index (χ1) is 9.43. The molecule has 2 amide bonds. The standard InChI is InChI=1S/C12H19N5O2S/c1-15-11(19)9-8(13)7(10(14)18)12(20-9)16-6-3-4-17(2)5-6/h6,16H,3-5,13H2,1-2H3,(H2,14,18)(H,15,19). The van der Waals surface area contributed by atoms with Gasteiger partial charge in [-0.15, -0.1) is 11.3 Å². The minimum Gasteiger partial charge on any atom is -0.397 e. The van der Waals surface area contributed by atoms with E-state index in [-0.39, 0.29) is 23.2 Å². The molecule has 0 radical (unpaired) electrons. The highest BCUT2D eigenvalue weighted by atomic mass is 32.1. The van der Waals surface area contributed by atoms with Gasteiger partial charge in [0.15, 0.2) is 0 Å². The number of thiophene rings is 1. The lowest BCUT2D eigenvalue weighted by atomic mass is 10.2. The number of nitrogens with two attached hydrogens (primary N) is 2. The molecule has 1 aromatic rings. The van der Waals surface area contributed by atoms with Crippen LogP contribution >= 0.6 is 11.3 Å². The second-order valence-electron chi connectivity index (χ2n) is 4.88. The van der Waals surface area contributed by atoms with Gasteiger partial charge < -0.3 is 27.0 Å². The van der Waals surface area contributed by atoms with Crippen LogP contribution in [0.2, 0.25) is 0 Å². The van der Waals surface area contributed by atoms with E-state index in [4.69, 9.17) is 11.5 Å². The van der Waals surface area contributed by atoms with E-state index < -0.39 is 5.91 Å². The summed E-state index contributed by atoms with van der Waals surface area (Å²) in [6, 6.07) is 0.230. The minimum atomic E-state index is -0.622. The van der Waals surface area contributed by atoms with Gasteiger partial charge in [0, 0.05) is 19.6 Å². The smallest absolute Gasteiger partial charge is 0.263 e. The highest BCUT2D eigenvalue weighted by molar-refractivity contribution is 7.19. The zero-order valence-electron chi connectivity index (χ0n) is 11.5. The minimum absolute atomic E-state index is 0.149. The fourth-order valence-electron chi connectivity index (χ4n) is 2.31. The summed E-state index contributed by atoms with van der Waals surface area (Å²) < 4.78 is 0. The number of amides is 2. The number of hydrogen-bond acceptors (Lipinski definition) is 6. The summed E-state index contributed by atoms with van der Waals surface area (Å²) in [5.74, 6) is -0.936. The second kappa shape index (κ2) is 5.68. The highest BCUT2D eigenvalue weighted by Gasteiger charge is 2.27. The van der Waals surface area contributed by atoms with Gasteiger partial charge in [-0.3, -0.25) is 9.59 Å². The van der Waals surface area contributed by atoms with Crippen molar-refractivity contribution in [2.24, 2.45) is 5.73 Å². The molecule has 2 rings (SSSR count). The van der Waals surface area contributed by atoms with Crippen molar-refractivity contribution in [2.75, 3.05) is 38.2 Å². The first kappa shape index (κ1) is 14.6. The van der Waals surface area contributed by atoms with E-state index in [0.29, 0.717) is 9.88 Å². The van der Waals surface area contributed by atoms with Crippen LogP contribution in [-0.2, 0) is 0 Å². The Morgan fingerprint density at radius 1 is 1.45 bits per heavy atom. The predicted octanol–water partition coefficient (Wildman–Crippen LogP) is -0.0952. The van der Waals surface area contributed by atoms with Gasteiger partial charge in [0.25, 0.3) is 11.8 Å². The van der Waals surface area contributed by atoms with E-state index in [0.717, 1.165) is 19.5 Å². The van der Waals surface area contributed by atoms with Crippen LogP contribution in [0, 0.1) is 0 Å². The molecule has 0 aliphatic carbocycles. The molecule has 0 spiro atoms. The highest BCUT2D eigenvalue weighted by Crippen LogP contribution is 2.36. The van der Waals surface area contributed by atoms with Crippen LogP contribution in [0.3, 0.4) is 0 Å². The molecule has 8 heteroatoms. The monoisotopic (exact) mass is 297 g/mol. The number of carbonyl (C=O) groups is 2. The molecule has 1 aliphatic rings. The Bertz CT molecular complexity index is 542. The number of primary amides is 1. The number of likely N-dealkylation sites (tertiary alicyclic amines) is 1. The molecule has 1 aromatic heterocycles. The number of carbonyl (C=O) groups excluding carboxylic acids is 2. The van der Waals surface area contributed by atoms with Crippen molar-refractivity contribution in [3.63, 3.8) is 0 Å². The van der Waals surface area contributed by atoms with Crippen LogP contribution in [0.15, 0.2) is 0 Å². The first-order valence-electron chi connectivity index (χ1n) is 6.33. The maximum atomic E-state index is 11.7. The van der Waals surface area contributed by atoms with Crippen LogP contribution in [0.4, 0.5) is 10.7 Å². The first-order valence-corrected chi connectivity index (χ1v) is 7.15. The number of nitrogens with zero attached hydrogens (tertiary/aromatic N) is 1. The summed E-state index contributed by atoms with van der Waals surface area (Å²) in [4.78, 5) is 25.8. The lowest BCUT2D eigenvalue weighted by Crippen LogP contribution is -2.24. The molecule has 0 aromatic carbocycles. The summed E-state index contributed by atoms with van der Waals surface area (Å²) in [6.45, 7) is 1.87. The van der Waals surface area contributed by atoms with Crippen LogP contribution in [0.1, 0.15) is 26.5 Å². The average Bonchev–Trinajstić information content (AvgIpc) is 2.93. The van der Waals surface area contributed by atoms with Gasteiger partial charge in [0.1, 0.15) is 9.88 Å². The summed E-state index contributed by atoms with van der Waals surface area (Å²) in [6.07, 6.45) is 0.974. The molecular weight excluding hydrogens is 278 g/mol. The van der Waals surface area contributed by atoms with E-state index in [1.807, 2.05) is 7.05 Å². The molecule has 20 heavy (non-hydrogen) atoms. The van der Waals surface area contributed by atoms with E-state index >= 15 is 0 Å². The third kappa shape index (κ3) is 2.70. The van der Waals surface area contributed by atoms with E-state index in [1.165, 1.54) is 18.4 Å². The molecule has 1 atom stereocenters. The van der Waals surface area contributed by atoms with Gasteiger partial charge in [0.2, 0.25) is 0 Å².